The second-order valence-corrected chi connectivity index (χ2v) is 4.99. The number of hydrogen-bond acceptors (Lipinski definition) is 2. The standard InChI is InChI=1S/C15H16N2O2/c1-10-13-7-2-3-8-14(13)17(16-10)12-6-4-5-11(9-12)15(18)19/h4-6,9H,2-3,7-8H2,1H3,(H,18,19). The van der Waals surface area contributed by atoms with E-state index in [0.29, 0.717) is 5.56 Å². The SMILES string of the molecule is Cc1nn(-c2cccc(C(=O)O)c2)c2c1CCCC2. The Labute approximate surface area is 111 Å². The second-order valence-electron chi connectivity index (χ2n) is 4.99. The van der Waals surface area contributed by atoms with Crippen LogP contribution in [0.15, 0.2) is 24.3 Å². The van der Waals surface area contributed by atoms with Crippen molar-refractivity contribution in [1.82, 2.24) is 9.78 Å². The van der Waals surface area contributed by atoms with Gasteiger partial charge < -0.3 is 5.11 Å². The predicted octanol–water partition coefficient (Wildman–Crippen LogP) is 2.76. The van der Waals surface area contributed by atoms with Crippen LogP contribution in [0.2, 0.25) is 0 Å². The third kappa shape index (κ3) is 2.03. The molecule has 0 bridgehead atoms. The van der Waals surface area contributed by atoms with Crippen molar-refractivity contribution in [2.24, 2.45) is 0 Å². The Morgan fingerprint density at radius 1 is 1.32 bits per heavy atom. The van der Waals surface area contributed by atoms with E-state index in [4.69, 9.17) is 5.11 Å². The Morgan fingerprint density at radius 3 is 2.89 bits per heavy atom. The van der Waals surface area contributed by atoms with E-state index in [-0.39, 0.29) is 0 Å². The summed E-state index contributed by atoms with van der Waals surface area (Å²) in [7, 11) is 0. The molecule has 0 radical (unpaired) electrons. The van der Waals surface area contributed by atoms with E-state index in [1.807, 2.05) is 17.7 Å². The van der Waals surface area contributed by atoms with Crippen LogP contribution in [0.5, 0.6) is 0 Å². The molecule has 1 aliphatic carbocycles. The van der Waals surface area contributed by atoms with Crippen molar-refractivity contribution >= 4 is 5.97 Å². The van der Waals surface area contributed by atoms with Crippen LogP contribution >= 0.6 is 0 Å². The van der Waals surface area contributed by atoms with E-state index in [2.05, 4.69) is 5.10 Å². The van der Waals surface area contributed by atoms with Gasteiger partial charge in [-0.05, 0) is 56.4 Å². The van der Waals surface area contributed by atoms with Crippen LogP contribution in [0.3, 0.4) is 0 Å². The highest BCUT2D eigenvalue weighted by Crippen LogP contribution is 2.26. The third-order valence-electron chi connectivity index (χ3n) is 3.72. The van der Waals surface area contributed by atoms with Gasteiger partial charge in [0.05, 0.1) is 16.9 Å². The summed E-state index contributed by atoms with van der Waals surface area (Å²) >= 11 is 0. The molecule has 1 aliphatic rings. The second kappa shape index (κ2) is 4.53. The predicted molar refractivity (Wildman–Crippen MR) is 71.9 cm³/mol. The molecule has 4 heteroatoms. The van der Waals surface area contributed by atoms with Gasteiger partial charge in [-0.3, -0.25) is 0 Å². The zero-order valence-corrected chi connectivity index (χ0v) is 10.9. The minimum absolute atomic E-state index is 0.301. The molecule has 0 spiro atoms. The van der Waals surface area contributed by atoms with Crippen molar-refractivity contribution in [1.29, 1.82) is 0 Å². The van der Waals surface area contributed by atoms with Crippen molar-refractivity contribution < 1.29 is 9.90 Å². The average Bonchev–Trinajstić information content (AvgIpc) is 2.77. The Hall–Kier alpha value is -2.10. The quantitative estimate of drug-likeness (QED) is 0.898. The Kier molecular flexibility index (Phi) is 2.85. The number of aryl methyl sites for hydroxylation is 1. The monoisotopic (exact) mass is 256 g/mol. The number of benzene rings is 1. The zero-order chi connectivity index (χ0) is 13.4. The van der Waals surface area contributed by atoms with Gasteiger partial charge in [0.2, 0.25) is 0 Å². The maximum atomic E-state index is 11.0. The van der Waals surface area contributed by atoms with Gasteiger partial charge in [0.1, 0.15) is 0 Å². The lowest BCUT2D eigenvalue weighted by molar-refractivity contribution is 0.0697. The first-order valence-electron chi connectivity index (χ1n) is 6.58. The minimum atomic E-state index is -0.903. The summed E-state index contributed by atoms with van der Waals surface area (Å²) < 4.78 is 1.91. The number of nitrogens with zero attached hydrogens (tertiary/aromatic N) is 2. The molecule has 1 aromatic heterocycles. The van der Waals surface area contributed by atoms with E-state index < -0.39 is 5.97 Å². The molecular formula is C15H16N2O2. The smallest absolute Gasteiger partial charge is 0.335 e. The molecular weight excluding hydrogens is 240 g/mol. The van der Waals surface area contributed by atoms with Gasteiger partial charge in [0.15, 0.2) is 0 Å². The van der Waals surface area contributed by atoms with Crippen molar-refractivity contribution in [2.75, 3.05) is 0 Å². The fraction of sp³-hybridized carbons (Fsp3) is 0.333. The molecule has 2 aromatic rings. The van der Waals surface area contributed by atoms with Gasteiger partial charge in [-0.1, -0.05) is 6.07 Å². The molecule has 0 unspecified atom stereocenters. The van der Waals surface area contributed by atoms with E-state index in [1.165, 1.54) is 24.1 Å². The number of aromatic carboxylic acids is 1. The molecule has 0 saturated heterocycles. The lowest BCUT2D eigenvalue weighted by Gasteiger charge is -2.14. The fourth-order valence-electron chi connectivity index (χ4n) is 2.77. The van der Waals surface area contributed by atoms with Crippen LogP contribution in [-0.2, 0) is 12.8 Å². The molecule has 98 valence electrons. The summed E-state index contributed by atoms with van der Waals surface area (Å²) in [6.45, 7) is 2.03. The normalized spacial score (nSPS) is 14.2. The van der Waals surface area contributed by atoms with Crippen LogP contribution in [-0.4, -0.2) is 20.9 Å². The molecule has 1 aromatic carbocycles. The third-order valence-corrected chi connectivity index (χ3v) is 3.72. The van der Waals surface area contributed by atoms with Crippen molar-refractivity contribution in [3.05, 3.63) is 46.8 Å². The Bertz CT molecular complexity index is 644. The first kappa shape index (κ1) is 12.0. The molecule has 0 atom stereocenters. The van der Waals surface area contributed by atoms with Gasteiger partial charge in [0, 0.05) is 5.69 Å². The van der Waals surface area contributed by atoms with Crippen LogP contribution in [0.4, 0.5) is 0 Å². The van der Waals surface area contributed by atoms with Gasteiger partial charge >= 0.3 is 5.97 Å². The maximum Gasteiger partial charge on any atom is 0.335 e. The molecule has 19 heavy (non-hydrogen) atoms. The van der Waals surface area contributed by atoms with Crippen LogP contribution < -0.4 is 0 Å². The number of rotatable bonds is 2. The van der Waals surface area contributed by atoms with E-state index in [0.717, 1.165) is 24.2 Å². The van der Waals surface area contributed by atoms with Crippen LogP contribution in [0, 0.1) is 6.92 Å². The molecule has 0 fully saturated rings. The average molecular weight is 256 g/mol. The Morgan fingerprint density at radius 2 is 2.11 bits per heavy atom. The number of aromatic nitrogens is 2. The molecule has 0 saturated carbocycles. The first-order valence-corrected chi connectivity index (χ1v) is 6.58. The Balaban J connectivity index is 2.12. The topological polar surface area (TPSA) is 55.1 Å². The number of carbonyl (C=O) groups is 1. The summed E-state index contributed by atoms with van der Waals surface area (Å²) in [5.41, 5.74) is 4.79. The van der Waals surface area contributed by atoms with Gasteiger partial charge in [-0.15, -0.1) is 0 Å². The lowest BCUT2D eigenvalue weighted by atomic mass is 9.96. The molecule has 0 aliphatic heterocycles. The first-order chi connectivity index (χ1) is 9.16. The van der Waals surface area contributed by atoms with E-state index in [9.17, 15) is 4.79 Å². The summed E-state index contributed by atoms with van der Waals surface area (Å²) in [5, 5.41) is 13.7. The van der Waals surface area contributed by atoms with Crippen LogP contribution in [0.1, 0.15) is 40.2 Å². The van der Waals surface area contributed by atoms with E-state index >= 15 is 0 Å². The molecule has 1 heterocycles. The highest BCUT2D eigenvalue weighted by atomic mass is 16.4. The fourth-order valence-corrected chi connectivity index (χ4v) is 2.77. The molecule has 4 nitrogen and oxygen atoms in total. The van der Waals surface area contributed by atoms with Gasteiger partial charge in [0.25, 0.3) is 0 Å². The molecule has 3 rings (SSSR count). The van der Waals surface area contributed by atoms with Gasteiger partial charge in [-0.2, -0.15) is 5.10 Å². The summed E-state index contributed by atoms with van der Waals surface area (Å²) in [4.78, 5) is 11.0. The number of carboxylic acids is 1. The lowest BCUT2D eigenvalue weighted by Crippen LogP contribution is -2.08. The number of carboxylic acid groups (broad SMARTS) is 1. The van der Waals surface area contributed by atoms with E-state index in [1.54, 1.807) is 18.2 Å². The van der Waals surface area contributed by atoms with Crippen LogP contribution in [0.25, 0.3) is 5.69 Å². The molecule has 0 amide bonds. The summed E-state index contributed by atoms with van der Waals surface area (Å²) in [6, 6.07) is 6.97. The highest BCUT2D eigenvalue weighted by molar-refractivity contribution is 5.88. The number of hydrogen-bond donors (Lipinski definition) is 1. The summed E-state index contributed by atoms with van der Waals surface area (Å²) in [5.74, 6) is -0.903. The largest absolute Gasteiger partial charge is 0.478 e. The maximum absolute atomic E-state index is 11.0. The minimum Gasteiger partial charge on any atom is -0.478 e. The highest BCUT2D eigenvalue weighted by Gasteiger charge is 2.19. The van der Waals surface area contributed by atoms with Crippen molar-refractivity contribution in [2.45, 2.75) is 32.6 Å². The van der Waals surface area contributed by atoms with Crippen molar-refractivity contribution in [3.63, 3.8) is 0 Å². The molecule has 1 N–H and O–H groups in total. The van der Waals surface area contributed by atoms with Crippen molar-refractivity contribution in [3.8, 4) is 5.69 Å². The van der Waals surface area contributed by atoms with Gasteiger partial charge in [-0.25, -0.2) is 9.48 Å². The summed E-state index contributed by atoms with van der Waals surface area (Å²) in [6.07, 6.45) is 4.50. The zero-order valence-electron chi connectivity index (χ0n) is 10.9. The number of fused-ring (bicyclic) bond motifs is 1.